The number of carbonyl (C=O) groups is 2. The molecule has 2 aliphatic carbocycles. The third kappa shape index (κ3) is 1.80. The minimum atomic E-state index is -0.652. The van der Waals surface area contributed by atoms with E-state index < -0.39 is 5.79 Å². The van der Waals surface area contributed by atoms with Crippen LogP contribution in [0.4, 0.5) is 0 Å². The summed E-state index contributed by atoms with van der Waals surface area (Å²) < 4.78 is 17.7. The van der Waals surface area contributed by atoms with Gasteiger partial charge in [0.2, 0.25) is 0 Å². The zero-order valence-electron chi connectivity index (χ0n) is 11.8. The molecule has 5 heteroatoms. The SMILES string of the molecule is CC1(C)O[C@H]2O[C@@H]3CC[C@H]4CC(=O)CC(=O)[C@@H]4[C@H]3[C@H]2O1. The van der Waals surface area contributed by atoms with Crippen LogP contribution in [0.1, 0.15) is 39.5 Å². The second kappa shape index (κ2) is 4.12. The summed E-state index contributed by atoms with van der Waals surface area (Å²) in [4.78, 5) is 24.0. The molecule has 0 aromatic heterocycles. The first-order chi connectivity index (χ1) is 9.44. The van der Waals surface area contributed by atoms with E-state index in [9.17, 15) is 9.59 Å². The molecule has 4 fully saturated rings. The van der Waals surface area contributed by atoms with Crippen LogP contribution in [0, 0.1) is 17.8 Å². The molecule has 2 saturated carbocycles. The summed E-state index contributed by atoms with van der Waals surface area (Å²) in [7, 11) is 0. The molecule has 110 valence electrons. The highest BCUT2D eigenvalue weighted by Gasteiger charge is 2.61. The number of fused-ring (bicyclic) bond motifs is 5. The van der Waals surface area contributed by atoms with Crippen LogP contribution in [-0.4, -0.2) is 35.9 Å². The molecule has 0 N–H and O–H groups in total. The second-order valence-corrected chi connectivity index (χ2v) is 6.97. The number of Topliss-reactive ketones (excluding diaryl/α,β-unsaturated/α-hetero) is 2. The first-order valence-electron chi connectivity index (χ1n) is 7.50. The van der Waals surface area contributed by atoms with Crippen LogP contribution in [0.5, 0.6) is 0 Å². The lowest BCUT2D eigenvalue weighted by Gasteiger charge is -2.42. The van der Waals surface area contributed by atoms with Gasteiger partial charge in [0.15, 0.2) is 12.1 Å². The highest BCUT2D eigenvalue weighted by molar-refractivity contribution is 6.03. The number of hydrogen-bond donors (Lipinski definition) is 0. The summed E-state index contributed by atoms with van der Waals surface area (Å²) in [5.41, 5.74) is 0. The molecule has 6 atom stereocenters. The van der Waals surface area contributed by atoms with Crippen LogP contribution < -0.4 is 0 Å². The molecule has 2 heterocycles. The van der Waals surface area contributed by atoms with Crippen LogP contribution in [0.25, 0.3) is 0 Å². The van der Waals surface area contributed by atoms with E-state index in [1.165, 1.54) is 0 Å². The predicted octanol–water partition coefficient (Wildman–Crippen LogP) is 1.44. The van der Waals surface area contributed by atoms with Crippen LogP contribution >= 0.6 is 0 Å². The molecular weight excluding hydrogens is 260 g/mol. The second-order valence-electron chi connectivity index (χ2n) is 6.97. The third-order valence-electron chi connectivity index (χ3n) is 5.18. The summed E-state index contributed by atoms with van der Waals surface area (Å²) in [6.45, 7) is 3.74. The standard InChI is InChI=1S/C15H20O5/c1-15(2)19-13-12-10(18-14(13)20-15)4-3-7-5-8(16)6-9(17)11(7)12/h7,10-14H,3-6H2,1-2H3/t7-,10+,11+,12-,13+,14+/m0/s1. The van der Waals surface area contributed by atoms with Crippen molar-refractivity contribution in [1.82, 2.24) is 0 Å². The van der Waals surface area contributed by atoms with E-state index in [1.807, 2.05) is 13.8 Å². The number of carbonyl (C=O) groups excluding carboxylic acids is 2. The van der Waals surface area contributed by atoms with E-state index in [4.69, 9.17) is 14.2 Å². The molecule has 0 aromatic carbocycles. The molecule has 2 aliphatic heterocycles. The molecule has 2 saturated heterocycles. The Kier molecular flexibility index (Phi) is 2.66. The number of hydrogen-bond acceptors (Lipinski definition) is 5. The average molecular weight is 280 g/mol. The van der Waals surface area contributed by atoms with Crippen LogP contribution in [0.3, 0.4) is 0 Å². The van der Waals surface area contributed by atoms with Crippen molar-refractivity contribution in [2.75, 3.05) is 0 Å². The zero-order chi connectivity index (χ0) is 14.1. The minimum absolute atomic E-state index is 0.0412. The monoisotopic (exact) mass is 280 g/mol. The van der Waals surface area contributed by atoms with Gasteiger partial charge in [0.05, 0.1) is 12.5 Å². The Morgan fingerprint density at radius 1 is 1.15 bits per heavy atom. The summed E-state index contributed by atoms with van der Waals surface area (Å²) in [6, 6.07) is 0. The van der Waals surface area contributed by atoms with E-state index in [0.717, 1.165) is 12.8 Å². The lowest BCUT2D eigenvalue weighted by atomic mass is 9.62. The van der Waals surface area contributed by atoms with Crippen molar-refractivity contribution in [1.29, 1.82) is 0 Å². The van der Waals surface area contributed by atoms with Crippen molar-refractivity contribution in [3.8, 4) is 0 Å². The Bertz CT molecular complexity index is 471. The smallest absolute Gasteiger partial charge is 0.187 e. The summed E-state index contributed by atoms with van der Waals surface area (Å²) >= 11 is 0. The van der Waals surface area contributed by atoms with Gasteiger partial charge in [-0.25, -0.2) is 0 Å². The quantitative estimate of drug-likeness (QED) is 0.628. The topological polar surface area (TPSA) is 61.8 Å². The first kappa shape index (κ1) is 12.9. The van der Waals surface area contributed by atoms with Gasteiger partial charge in [0.25, 0.3) is 0 Å². The normalized spacial score (nSPS) is 49.7. The molecular formula is C15H20O5. The van der Waals surface area contributed by atoms with Crippen molar-refractivity contribution in [3.05, 3.63) is 0 Å². The van der Waals surface area contributed by atoms with Crippen molar-refractivity contribution in [2.45, 2.75) is 63.8 Å². The maximum Gasteiger partial charge on any atom is 0.187 e. The molecule has 0 bridgehead atoms. The fourth-order valence-electron chi connectivity index (χ4n) is 4.55. The van der Waals surface area contributed by atoms with Gasteiger partial charge in [0.1, 0.15) is 17.7 Å². The Morgan fingerprint density at radius 2 is 1.95 bits per heavy atom. The Balaban J connectivity index is 1.64. The molecule has 0 aromatic rings. The molecule has 0 unspecified atom stereocenters. The lowest BCUT2D eigenvalue weighted by Crippen LogP contribution is -2.48. The number of rotatable bonds is 0. The van der Waals surface area contributed by atoms with Crippen molar-refractivity contribution in [2.24, 2.45) is 17.8 Å². The van der Waals surface area contributed by atoms with Gasteiger partial charge in [-0.15, -0.1) is 0 Å². The Labute approximate surface area is 117 Å². The van der Waals surface area contributed by atoms with Crippen LogP contribution in [0.2, 0.25) is 0 Å². The number of ether oxygens (including phenoxy) is 3. The average Bonchev–Trinajstić information content (AvgIpc) is 2.80. The molecule has 0 radical (unpaired) electrons. The fraction of sp³-hybridized carbons (Fsp3) is 0.867. The van der Waals surface area contributed by atoms with Gasteiger partial charge < -0.3 is 14.2 Å². The summed E-state index contributed by atoms with van der Waals surface area (Å²) in [6.07, 6.45) is 1.94. The third-order valence-corrected chi connectivity index (χ3v) is 5.18. The van der Waals surface area contributed by atoms with Gasteiger partial charge in [-0.3, -0.25) is 9.59 Å². The van der Waals surface area contributed by atoms with Gasteiger partial charge >= 0.3 is 0 Å². The highest BCUT2D eigenvalue weighted by atomic mass is 16.8. The van der Waals surface area contributed by atoms with Gasteiger partial charge in [-0.05, 0) is 32.6 Å². The van der Waals surface area contributed by atoms with E-state index in [2.05, 4.69) is 0 Å². The molecule has 4 aliphatic rings. The fourth-order valence-corrected chi connectivity index (χ4v) is 4.55. The summed E-state index contributed by atoms with van der Waals surface area (Å²) in [5, 5.41) is 0. The van der Waals surface area contributed by atoms with Gasteiger partial charge in [-0.2, -0.15) is 0 Å². The highest BCUT2D eigenvalue weighted by Crippen LogP contribution is 2.52. The van der Waals surface area contributed by atoms with E-state index in [0.29, 0.717) is 6.42 Å². The minimum Gasteiger partial charge on any atom is -0.346 e. The van der Waals surface area contributed by atoms with Gasteiger partial charge in [0, 0.05) is 18.3 Å². The zero-order valence-corrected chi connectivity index (χ0v) is 11.8. The first-order valence-corrected chi connectivity index (χ1v) is 7.50. The maximum atomic E-state index is 12.4. The summed E-state index contributed by atoms with van der Waals surface area (Å²) in [5.74, 6) is -0.326. The largest absolute Gasteiger partial charge is 0.346 e. The maximum absolute atomic E-state index is 12.4. The number of ketones is 2. The molecule has 5 nitrogen and oxygen atoms in total. The van der Waals surface area contributed by atoms with E-state index in [-0.39, 0.29) is 54.2 Å². The molecule has 0 amide bonds. The van der Waals surface area contributed by atoms with Crippen molar-refractivity contribution < 1.29 is 23.8 Å². The van der Waals surface area contributed by atoms with Gasteiger partial charge in [-0.1, -0.05) is 0 Å². The van der Waals surface area contributed by atoms with E-state index in [1.54, 1.807) is 0 Å². The Hall–Kier alpha value is -0.780. The van der Waals surface area contributed by atoms with Crippen LogP contribution in [-0.2, 0) is 23.8 Å². The predicted molar refractivity (Wildman–Crippen MR) is 67.7 cm³/mol. The lowest BCUT2D eigenvalue weighted by molar-refractivity contribution is -0.217. The molecule has 0 spiro atoms. The van der Waals surface area contributed by atoms with E-state index >= 15 is 0 Å². The molecule has 4 rings (SSSR count). The van der Waals surface area contributed by atoms with Crippen molar-refractivity contribution >= 4 is 11.6 Å². The van der Waals surface area contributed by atoms with Crippen molar-refractivity contribution in [3.63, 3.8) is 0 Å². The van der Waals surface area contributed by atoms with Crippen LogP contribution in [0.15, 0.2) is 0 Å². The molecule has 20 heavy (non-hydrogen) atoms. The Morgan fingerprint density at radius 3 is 2.75 bits per heavy atom.